The highest BCUT2D eigenvalue weighted by molar-refractivity contribution is 7.99. The van der Waals surface area contributed by atoms with Crippen molar-refractivity contribution in [1.29, 1.82) is 0 Å². The zero-order valence-electron chi connectivity index (χ0n) is 10.7. The monoisotopic (exact) mass is 261 g/mol. The van der Waals surface area contributed by atoms with Crippen molar-refractivity contribution in [3.63, 3.8) is 0 Å². The molecular formula is C13H15N3OS. The van der Waals surface area contributed by atoms with Crippen LogP contribution in [0.15, 0.2) is 29.4 Å². The number of carbonyl (C=O) groups is 1. The molecule has 0 radical (unpaired) electrons. The molecule has 0 saturated carbocycles. The fourth-order valence-electron chi connectivity index (χ4n) is 1.67. The minimum atomic E-state index is 0.139. The van der Waals surface area contributed by atoms with E-state index in [2.05, 4.69) is 10.2 Å². The Bertz CT molecular complexity index is 577. The number of Topliss-reactive ketones (excluding diaryl/α,β-unsaturated/α-hetero) is 1. The molecule has 2 rings (SSSR count). The molecule has 18 heavy (non-hydrogen) atoms. The van der Waals surface area contributed by atoms with E-state index < -0.39 is 0 Å². The fraction of sp³-hybridized carbons (Fsp3) is 0.308. The van der Waals surface area contributed by atoms with Crippen molar-refractivity contribution >= 4 is 17.5 Å². The fourth-order valence-corrected chi connectivity index (χ4v) is 2.38. The van der Waals surface area contributed by atoms with Crippen LogP contribution in [0.25, 0.3) is 11.4 Å². The van der Waals surface area contributed by atoms with Crippen LogP contribution in [-0.2, 0) is 11.8 Å². The Morgan fingerprint density at radius 3 is 2.72 bits per heavy atom. The van der Waals surface area contributed by atoms with Gasteiger partial charge >= 0.3 is 0 Å². The average Bonchev–Trinajstić information content (AvgIpc) is 2.69. The molecule has 1 aromatic heterocycles. The molecule has 1 heterocycles. The van der Waals surface area contributed by atoms with Gasteiger partial charge in [-0.3, -0.25) is 4.79 Å². The molecule has 0 amide bonds. The van der Waals surface area contributed by atoms with Gasteiger partial charge in [-0.2, -0.15) is 0 Å². The molecule has 2 aromatic rings. The van der Waals surface area contributed by atoms with Gasteiger partial charge in [-0.25, -0.2) is 0 Å². The Morgan fingerprint density at radius 1 is 1.33 bits per heavy atom. The van der Waals surface area contributed by atoms with Gasteiger partial charge in [-0.05, 0) is 19.4 Å². The lowest BCUT2D eigenvalue weighted by Crippen LogP contribution is -1.99. The summed E-state index contributed by atoms with van der Waals surface area (Å²) in [5.74, 6) is 1.40. The Kier molecular flexibility index (Phi) is 3.81. The highest BCUT2D eigenvalue weighted by Crippen LogP contribution is 2.24. The van der Waals surface area contributed by atoms with Gasteiger partial charge in [0.05, 0.1) is 5.75 Å². The number of thioether (sulfide) groups is 1. The summed E-state index contributed by atoms with van der Waals surface area (Å²) in [4.78, 5) is 11.0. The maximum atomic E-state index is 11.0. The van der Waals surface area contributed by atoms with E-state index in [1.807, 2.05) is 42.8 Å². The summed E-state index contributed by atoms with van der Waals surface area (Å²) in [7, 11) is 1.92. The third-order valence-electron chi connectivity index (χ3n) is 2.63. The molecule has 0 aliphatic rings. The number of aromatic nitrogens is 3. The highest BCUT2D eigenvalue weighted by Gasteiger charge is 2.12. The van der Waals surface area contributed by atoms with Crippen LogP contribution < -0.4 is 0 Å². The van der Waals surface area contributed by atoms with Gasteiger partial charge in [0, 0.05) is 12.6 Å². The van der Waals surface area contributed by atoms with Crippen LogP contribution in [0.1, 0.15) is 12.5 Å². The van der Waals surface area contributed by atoms with Crippen LogP contribution in [-0.4, -0.2) is 26.3 Å². The Morgan fingerprint density at radius 2 is 2.06 bits per heavy atom. The third-order valence-corrected chi connectivity index (χ3v) is 3.79. The topological polar surface area (TPSA) is 47.8 Å². The van der Waals surface area contributed by atoms with E-state index >= 15 is 0 Å². The minimum absolute atomic E-state index is 0.139. The molecule has 0 fully saturated rings. The summed E-state index contributed by atoms with van der Waals surface area (Å²) in [6.07, 6.45) is 0. The molecule has 0 aliphatic heterocycles. The number of carbonyl (C=O) groups excluding carboxylic acids is 1. The van der Waals surface area contributed by atoms with Crippen LogP contribution in [0, 0.1) is 6.92 Å². The number of hydrogen-bond acceptors (Lipinski definition) is 4. The molecule has 5 heteroatoms. The summed E-state index contributed by atoms with van der Waals surface area (Å²) in [6.45, 7) is 3.62. The first kappa shape index (κ1) is 12.8. The third kappa shape index (κ3) is 2.61. The molecule has 0 aliphatic carbocycles. The number of benzene rings is 1. The van der Waals surface area contributed by atoms with Crippen molar-refractivity contribution in [1.82, 2.24) is 14.8 Å². The summed E-state index contributed by atoms with van der Waals surface area (Å²) in [5.41, 5.74) is 2.23. The molecule has 0 unspecified atom stereocenters. The van der Waals surface area contributed by atoms with E-state index in [4.69, 9.17) is 0 Å². The predicted molar refractivity (Wildman–Crippen MR) is 72.6 cm³/mol. The van der Waals surface area contributed by atoms with Gasteiger partial charge in [-0.15, -0.1) is 10.2 Å². The maximum absolute atomic E-state index is 11.0. The Labute approximate surface area is 110 Å². The lowest BCUT2D eigenvalue weighted by molar-refractivity contribution is -0.114. The van der Waals surface area contributed by atoms with E-state index in [9.17, 15) is 4.79 Å². The molecular weight excluding hydrogens is 246 g/mol. The first-order valence-corrected chi connectivity index (χ1v) is 6.66. The highest BCUT2D eigenvalue weighted by atomic mass is 32.2. The van der Waals surface area contributed by atoms with Crippen LogP contribution in [0.3, 0.4) is 0 Å². The lowest BCUT2D eigenvalue weighted by Gasteiger charge is -2.05. The van der Waals surface area contributed by atoms with Gasteiger partial charge < -0.3 is 4.57 Å². The van der Waals surface area contributed by atoms with Crippen LogP contribution in [0.5, 0.6) is 0 Å². The van der Waals surface area contributed by atoms with E-state index in [1.165, 1.54) is 11.8 Å². The SMILES string of the molecule is CC(=O)CSc1nnc(-c2ccccc2C)n1C. The molecule has 0 bridgehead atoms. The second kappa shape index (κ2) is 5.35. The summed E-state index contributed by atoms with van der Waals surface area (Å²) in [6, 6.07) is 8.06. The molecule has 0 N–H and O–H groups in total. The van der Waals surface area contributed by atoms with Gasteiger partial charge in [-0.1, -0.05) is 36.0 Å². The van der Waals surface area contributed by atoms with Crippen LogP contribution in [0.2, 0.25) is 0 Å². The minimum Gasteiger partial charge on any atom is -0.305 e. The lowest BCUT2D eigenvalue weighted by atomic mass is 10.1. The summed E-state index contributed by atoms with van der Waals surface area (Å²) in [5, 5.41) is 9.10. The summed E-state index contributed by atoms with van der Waals surface area (Å²) >= 11 is 1.42. The van der Waals surface area contributed by atoms with Crippen LogP contribution in [0.4, 0.5) is 0 Å². The largest absolute Gasteiger partial charge is 0.305 e. The van der Waals surface area contributed by atoms with Crippen molar-refractivity contribution in [2.24, 2.45) is 7.05 Å². The normalized spacial score (nSPS) is 10.6. The van der Waals surface area contributed by atoms with Crippen molar-refractivity contribution < 1.29 is 4.79 Å². The maximum Gasteiger partial charge on any atom is 0.191 e. The predicted octanol–water partition coefficient (Wildman–Crippen LogP) is 2.47. The number of nitrogens with zero attached hydrogens (tertiary/aromatic N) is 3. The number of ketones is 1. The van der Waals surface area contributed by atoms with Crippen molar-refractivity contribution in [2.75, 3.05) is 5.75 Å². The Hall–Kier alpha value is -1.62. The van der Waals surface area contributed by atoms with Gasteiger partial charge in [0.15, 0.2) is 11.0 Å². The second-order valence-corrected chi connectivity index (χ2v) is 5.11. The van der Waals surface area contributed by atoms with Gasteiger partial charge in [0.2, 0.25) is 0 Å². The van der Waals surface area contributed by atoms with Crippen molar-refractivity contribution in [3.05, 3.63) is 29.8 Å². The second-order valence-electron chi connectivity index (χ2n) is 4.17. The number of hydrogen-bond donors (Lipinski definition) is 0. The van der Waals surface area contributed by atoms with E-state index in [0.29, 0.717) is 5.75 Å². The van der Waals surface area contributed by atoms with Crippen molar-refractivity contribution in [3.8, 4) is 11.4 Å². The summed E-state index contributed by atoms with van der Waals surface area (Å²) < 4.78 is 1.93. The first-order valence-electron chi connectivity index (χ1n) is 5.67. The standard InChI is InChI=1S/C13H15N3OS/c1-9-6-4-5-7-11(9)12-14-15-13(16(12)3)18-8-10(2)17/h4-7H,8H2,1-3H3. The molecule has 0 spiro atoms. The van der Waals surface area contributed by atoms with Gasteiger partial charge in [0.1, 0.15) is 5.78 Å². The molecule has 94 valence electrons. The van der Waals surface area contributed by atoms with Gasteiger partial charge in [0.25, 0.3) is 0 Å². The van der Waals surface area contributed by atoms with E-state index in [0.717, 1.165) is 22.1 Å². The van der Waals surface area contributed by atoms with Crippen molar-refractivity contribution in [2.45, 2.75) is 19.0 Å². The number of aryl methyl sites for hydroxylation is 1. The van der Waals surface area contributed by atoms with Crippen LogP contribution >= 0.6 is 11.8 Å². The zero-order valence-corrected chi connectivity index (χ0v) is 11.5. The quantitative estimate of drug-likeness (QED) is 0.793. The van der Waals surface area contributed by atoms with E-state index in [1.54, 1.807) is 6.92 Å². The molecule has 0 saturated heterocycles. The first-order chi connectivity index (χ1) is 8.59. The number of rotatable bonds is 4. The smallest absolute Gasteiger partial charge is 0.191 e. The zero-order chi connectivity index (χ0) is 13.1. The Balaban J connectivity index is 2.31. The molecule has 1 aromatic carbocycles. The van der Waals surface area contributed by atoms with E-state index in [-0.39, 0.29) is 5.78 Å². The molecule has 0 atom stereocenters. The molecule has 4 nitrogen and oxygen atoms in total. The average molecular weight is 261 g/mol.